The van der Waals surface area contributed by atoms with Crippen LogP contribution in [0.3, 0.4) is 0 Å². The van der Waals surface area contributed by atoms with E-state index in [0.29, 0.717) is 6.61 Å². The average molecular weight is 396 g/mol. The van der Waals surface area contributed by atoms with Crippen LogP contribution in [0.2, 0.25) is 0 Å². The summed E-state index contributed by atoms with van der Waals surface area (Å²) >= 11 is 1.63. The molecule has 0 atom stereocenters. The lowest BCUT2D eigenvalue weighted by Gasteiger charge is -2.08. The van der Waals surface area contributed by atoms with E-state index in [0.717, 1.165) is 46.9 Å². The van der Waals surface area contributed by atoms with Crippen molar-refractivity contribution in [3.05, 3.63) is 47.1 Å². The van der Waals surface area contributed by atoms with Crippen molar-refractivity contribution in [1.29, 1.82) is 0 Å². The van der Waals surface area contributed by atoms with Gasteiger partial charge in [-0.15, -0.1) is 11.3 Å². The monoisotopic (exact) mass is 395 g/mol. The molecule has 1 aliphatic carbocycles. The zero-order chi connectivity index (χ0) is 19.7. The van der Waals surface area contributed by atoms with E-state index in [1.165, 1.54) is 11.4 Å². The summed E-state index contributed by atoms with van der Waals surface area (Å²) in [6, 6.07) is 10.1. The molecular weight excluding hydrogens is 370 g/mol. The van der Waals surface area contributed by atoms with E-state index >= 15 is 0 Å². The molecule has 2 heterocycles. The summed E-state index contributed by atoms with van der Waals surface area (Å²) in [5, 5.41) is 6.08. The number of thiazole rings is 1. The molecule has 1 amide bonds. The van der Waals surface area contributed by atoms with Crippen molar-refractivity contribution >= 4 is 22.9 Å². The van der Waals surface area contributed by atoms with Gasteiger partial charge in [0.05, 0.1) is 12.3 Å². The zero-order valence-corrected chi connectivity index (χ0v) is 17.3. The standard InChI is InChI=1S/C22H25N3O2S/c1-14-11-19(15(2)25(14)9-10-27-3)20-13-28-22(24-20)17-5-4-6-18(12-17)23-21(26)16-7-8-16/h4-6,11-13,16H,7-10H2,1-3H3,(H,23,26). The Hall–Kier alpha value is -2.44. The quantitative estimate of drug-likeness (QED) is 0.620. The summed E-state index contributed by atoms with van der Waals surface area (Å²) in [4.78, 5) is 16.9. The molecule has 0 bridgehead atoms. The molecule has 28 heavy (non-hydrogen) atoms. The number of hydrogen-bond acceptors (Lipinski definition) is 4. The maximum Gasteiger partial charge on any atom is 0.227 e. The second-order valence-electron chi connectivity index (χ2n) is 7.31. The minimum Gasteiger partial charge on any atom is -0.383 e. The Kier molecular flexibility index (Phi) is 5.33. The summed E-state index contributed by atoms with van der Waals surface area (Å²) < 4.78 is 7.50. The van der Waals surface area contributed by atoms with Gasteiger partial charge in [-0.3, -0.25) is 4.79 Å². The number of methoxy groups -OCH3 is 1. The number of ether oxygens (including phenoxy) is 1. The Bertz CT molecular complexity index is 1000. The van der Waals surface area contributed by atoms with Crippen LogP contribution in [0.15, 0.2) is 35.7 Å². The molecule has 146 valence electrons. The summed E-state index contributed by atoms with van der Waals surface area (Å²) in [5.74, 6) is 0.323. The molecule has 1 N–H and O–H groups in total. The maximum absolute atomic E-state index is 12.0. The normalized spacial score (nSPS) is 13.7. The van der Waals surface area contributed by atoms with Gasteiger partial charge < -0.3 is 14.6 Å². The van der Waals surface area contributed by atoms with Crippen LogP contribution in [0.4, 0.5) is 5.69 Å². The fraction of sp³-hybridized carbons (Fsp3) is 0.364. The number of amides is 1. The van der Waals surface area contributed by atoms with Crippen molar-refractivity contribution in [2.75, 3.05) is 19.0 Å². The van der Waals surface area contributed by atoms with E-state index < -0.39 is 0 Å². The Morgan fingerprint density at radius 1 is 1.32 bits per heavy atom. The number of benzene rings is 1. The number of rotatable bonds is 7. The third kappa shape index (κ3) is 3.88. The molecule has 0 saturated heterocycles. The number of aryl methyl sites for hydroxylation is 1. The predicted octanol–water partition coefficient (Wildman–Crippen LogP) is 4.89. The van der Waals surface area contributed by atoms with Crippen LogP contribution >= 0.6 is 11.3 Å². The van der Waals surface area contributed by atoms with Crippen LogP contribution in [0.25, 0.3) is 21.8 Å². The number of hydrogen-bond donors (Lipinski definition) is 1. The molecule has 6 heteroatoms. The summed E-state index contributed by atoms with van der Waals surface area (Å²) in [6.07, 6.45) is 2.01. The Morgan fingerprint density at radius 3 is 2.89 bits per heavy atom. The predicted molar refractivity (Wildman–Crippen MR) is 114 cm³/mol. The highest BCUT2D eigenvalue weighted by atomic mass is 32.1. The fourth-order valence-corrected chi connectivity index (χ4v) is 4.25. The number of aromatic nitrogens is 2. The summed E-state index contributed by atoms with van der Waals surface area (Å²) in [7, 11) is 1.73. The number of carbonyl (C=O) groups excluding carboxylic acids is 1. The number of nitrogens with one attached hydrogen (secondary N) is 1. The van der Waals surface area contributed by atoms with E-state index in [9.17, 15) is 4.79 Å². The van der Waals surface area contributed by atoms with Crippen molar-refractivity contribution in [2.24, 2.45) is 5.92 Å². The second-order valence-corrected chi connectivity index (χ2v) is 8.17. The van der Waals surface area contributed by atoms with Gasteiger partial charge in [0.15, 0.2) is 0 Å². The van der Waals surface area contributed by atoms with Gasteiger partial charge in [0.1, 0.15) is 5.01 Å². The lowest BCUT2D eigenvalue weighted by Crippen LogP contribution is -2.13. The first-order valence-corrected chi connectivity index (χ1v) is 10.5. The topological polar surface area (TPSA) is 56.1 Å². The highest BCUT2D eigenvalue weighted by Gasteiger charge is 2.29. The molecule has 2 aromatic heterocycles. The molecule has 1 aromatic carbocycles. The first-order chi connectivity index (χ1) is 13.6. The zero-order valence-electron chi connectivity index (χ0n) is 16.5. The van der Waals surface area contributed by atoms with Crippen molar-refractivity contribution in [1.82, 2.24) is 9.55 Å². The minimum atomic E-state index is 0.125. The Balaban J connectivity index is 1.57. The molecule has 1 aliphatic rings. The number of nitrogens with zero attached hydrogens (tertiary/aromatic N) is 2. The molecule has 0 spiro atoms. The average Bonchev–Trinajstić information content (AvgIpc) is 3.36. The lowest BCUT2D eigenvalue weighted by atomic mass is 10.2. The van der Waals surface area contributed by atoms with Crippen LogP contribution in [-0.2, 0) is 16.1 Å². The van der Waals surface area contributed by atoms with Gasteiger partial charge in [0.2, 0.25) is 5.91 Å². The highest BCUT2D eigenvalue weighted by molar-refractivity contribution is 7.13. The SMILES string of the molecule is COCCn1c(C)cc(-c2csc(-c3cccc(NC(=O)C4CC4)c3)n2)c1C. The second kappa shape index (κ2) is 7.89. The molecule has 0 aliphatic heterocycles. The molecular formula is C22H25N3O2S. The Morgan fingerprint density at radius 2 is 2.14 bits per heavy atom. The largest absolute Gasteiger partial charge is 0.383 e. The Labute approximate surface area is 169 Å². The molecule has 5 nitrogen and oxygen atoms in total. The van der Waals surface area contributed by atoms with Gasteiger partial charge in [-0.05, 0) is 44.9 Å². The van der Waals surface area contributed by atoms with Gasteiger partial charge in [-0.25, -0.2) is 4.98 Å². The third-order valence-electron chi connectivity index (χ3n) is 5.20. The van der Waals surface area contributed by atoms with Crippen LogP contribution in [0.1, 0.15) is 24.2 Å². The first kappa shape index (κ1) is 18.9. The molecule has 3 aromatic rings. The van der Waals surface area contributed by atoms with Crippen LogP contribution in [0.5, 0.6) is 0 Å². The van der Waals surface area contributed by atoms with Crippen molar-refractivity contribution in [3.8, 4) is 21.8 Å². The fourth-order valence-electron chi connectivity index (χ4n) is 3.44. The third-order valence-corrected chi connectivity index (χ3v) is 6.09. The van der Waals surface area contributed by atoms with Crippen molar-refractivity contribution in [3.63, 3.8) is 0 Å². The van der Waals surface area contributed by atoms with E-state index in [1.54, 1.807) is 18.4 Å². The van der Waals surface area contributed by atoms with E-state index in [-0.39, 0.29) is 11.8 Å². The van der Waals surface area contributed by atoms with E-state index in [2.05, 4.69) is 35.2 Å². The highest BCUT2D eigenvalue weighted by Crippen LogP contribution is 2.34. The molecule has 0 unspecified atom stereocenters. The molecule has 0 radical (unpaired) electrons. The summed E-state index contributed by atoms with van der Waals surface area (Å²) in [5.41, 5.74) is 6.43. The maximum atomic E-state index is 12.0. The van der Waals surface area contributed by atoms with Gasteiger partial charge in [0.25, 0.3) is 0 Å². The van der Waals surface area contributed by atoms with Crippen molar-refractivity contribution in [2.45, 2.75) is 33.2 Å². The first-order valence-electron chi connectivity index (χ1n) is 9.59. The van der Waals surface area contributed by atoms with Gasteiger partial charge in [-0.2, -0.15) is 0 Å². The van der Waals surface area contributed by atoms with E-state index in [4.69, 9.17) is 9.72 Å². The van der Waals surface area contributed by atoms with Gasteiger partial charge in [0, 0.05) is 53.2 Å². The molecule has 1 saturated carbocycles. The van der Waals surface area contributed by atoms with Gasteiger partial charge in [-0.1, -0.05) is 12.1 Å². The minimum absolute atomic E-state index is 0.125. The van der Waals surface area contributed by atoms with E-state index in [1.807, 2.05) is 24.3 Å². The lowest BCUT2D eigenvalue weighted by molar-refractivity contribution is -0.117. The smallest absolute Gasteiger partial charge is 0.227 e. The van der Waals surface area contributed by atoms with Gasteiger partial charge >= 0.3 is 0 Å². The molecule has 4 rings (SSSR count). The van der Waals surface area contributed by atoms with Crippen LogP contribution < -0.4 is 5.32 Å². The number of anilines is 1. The summed E-state index contributed by atoms with van der Waals surface area (Å²) in [6.45, 7) is 5.78. The van der Waals surface area contributed by atoms with Crippen molar-refractivity contribution < 1.29 is 9.53 Å². The van der Waals surface area contributed by atoms with Crippen LogP contribution in [-0.4, -0.2) is 29.2 Å². The number of carbonyl (C=O) groups is 1. The molecule has 1 fully saturated rings. The van der Waals surface area contributed by atoms with Crippen LogP contribution in [0, 0.1) is 19.8 Å².